The Kier molecular flexibility index (Phi) is 5.71. The summed E-state index contributed by atoms with van der Waals surface area (Å²) in [5.74, 6) is -0.579. The van der Waals surface area contributed by atoms with Crippen LogP contribution in [-0.2, 0) is 15.8 Å². The fraction of sp³-hybridized carbons (Fsp3) is 0.417. The van der Waals surface area contributed by atoms with Crippen molar-refractivity contribution in [2.75, 3.05) is 13.1 Å². The molecule has 1 rings (SSSR count). The molecule has 1 aromatic carbocycles. The third-order valence-corrected chi connectivity index (χ3v) is 4.79. The van der Waals surface area contributed by atoms with E-state index in [1.807, 2.05) is 0 Å². The van der Waals surface area contributed by atoms with Crippen LogP contribution < -0.4 is 5.73 Å². The van der Waals surface area contributed by atoms with E-state index in [9.17, 15) is 21.6 Å². The molecule has 0 aromatic heterocycles. The van der Waals surface area contributed by atoms with E-state index in [2.05, 4.69) is 0 Å². The Labute approximate surface area is 126 Å². The number of halogens is 3. The van der Waals surface area contributed by atoms with Crippen LogP contribution in [0.2, 0.25) is 0 Å². The minimum absolute atomic E-state index is 0.000306. The first-order valence-corrected chi connectivity index (χ1v) is 8.01. The van der Waals surface area contributed by atoms with Gasteiger partial charge in [0.25, 0.3) is 0 Å². The Morgan fingerprint density at radius 2 is 1.90 bits per heavy atom. The monoisotopic (exact) mass is 340 g/mol. The van der Waals surface area contributed by atoms with Gasteiger partial charge in [-0.3, -0.25) is 0 Å². The molecule has 0 saturated carbocycles. The van der Waals surface area contributed by atoms with Crippen molar-refractivity contribution in [3.05, 3.63) is 35.4 Å². The first-order chi connectivity index (χ1) is 9.57. The molecule has 4 nitrogen and oxygen atoms in total. The zero-order chi connectivity index (χ0) is 16.3. The van der Waals surface area contributed by atoms with Gasteiger partial charge in [0.1, 0.15) is 11.5 Å². The summed E-state index contributed by atoms with van der Waals surface area (Å²) in [7, 11) is -4.12. The van der Waals surface area contributed by atoms with Crippen LogP contribution in [0.15, 0.2) is 24.3 Å². The standard InChI is InChI=1S/C12H15F3N2O2S2/c1-2-17(8-12(13,14)15)21(18,19)7-9-5-3-4-6-10(9)11(16)20/h3-6H,2,7-8H2,1H3,(H2,16,20). The molecule has 0 aliphatic heterocycles. The summed E-state index contributed by atoms with van der Waals surface area (Å²) in [6, 6.07) is 6.21. The minimum atomic E-state index is -4.59. The molecule has 0 unspecified atom stereocenters. The lowest BCUT2D eigenvalue weighted by Gasteiger charge is -2.22. The highest BCUT2D eigenvalue weighted by Gasteiger charge is 2.35. The average molecular weight is 340 g/mol. The third-order valence-electron chi connectivity index (χ3n) is 2.72. The number of nitrogens with two attached hydrogens (primary N) is 1. The summed E-state index contributed by atoms with van der Waals surface area (Å²) in [6.45, 7) is -0.430. The molecule has 0 saturated heterocycles. The van der Waals surface area contributed by atoms with Gasteiger partial charge in [0, 0.05) is 12.1 Å². The second-order valence-electron chi connectivity index (χ2n) is 4.32. The van der Waals surface area contributed by atoms with E-state index in [0.29, 0.717) is 9.87 Å². The lowest BCUT2D eigenvalue weighted by atomic mass is 10.1. The number of hydrogen-bond donors (Lipinski definition) is 1. The summed E-state index contributed by atoms with van der Waals surface area (Å²) in [4.78, 5) is -0.000306. The van der Waals surface area contributed by atoms with Crippen molar-refractivity contribution in [3.63, 3.8) is 0 Å². The van der Waals surface area contributed by atoms with E-state index in [1.54, 1.807) is 12.1 Å². The Hall–Kier alpha value is -1.19. The number of nitrogens with zero attached hydrogens (tertiary/aromatic N) is 1. The molecule has 0 bridgehead atoms. The highest BCUT2D eigenvalue weighted by Crippen LogP contribution is 2.21. The molecule has 21 heavy (non-hydrogen) atoms. The molecule has 2 N–H and O–H groups in total. The topological polar surface area (TPSA) is 63.4 Å². The van der Waals surface area contributed by atoms with Gasteiger partial charge in [-0.15, -0.1) is 0 Å². The van der Waals surface area contributed by atoms with Crippen LogP contribution in [0.25, 0.3) is 0 Å². The molecule has 118 valence electrons. The van der Waals surface area contributed by atoms with Crippen molar-refractivity contribution in [1.29, 1.82) is 0 Å². The number of alkyl halides is 3. The van der Waals surface area contributed by atoms with Crippen molar-refractivity contribution in [2.45, 2.75) is 18.9 Å². The largest absolute Gasteiger partial charge is 0.402 e. The predicted octanol–water partition coefficient (Wildman–Crippen LogP) is 2.03. The SMILES string of the molecule is CCN(CC(F)(F)F)S(=O)(=O)Cc1ccccc1C(N)=S. The van der Waals surface area contributed by atoms with Crippen LogP contribution >= 0.6 is 12.2 Å². The van der Waals surface area contributed by atoms with Gasteiger partial charge in [-0.2, -0.15) is 17.5 Å². The van der Waals surface area contributed by atoms with Crippen molar-refractivity contribution < 1.29 is 21.6 Å². The molecule has 0 atom stereocenters. The number of hydrogen-bond acceptors (Lipinski definition) is 3. The molecule has 0 fully saturated rings. The zero-order valence-electron chi connectivity index (χ0n) is 11.2. The zero-order valence-corrected chi connectivity index (χ0v) is 12.9. The lowest BCUT2D eigenvalue weighted by Crippen LogP contribution is -2.39. The van der Waals surface area contributed by atoms with Crippen LogP contribution in [0.3, 0.4) is 0 Å². The Morgan fingerprint density at radius 3 is 2.38 bits per heavy atom. The third kappa shape index (κ3) is 5.25. The smallest absolute Gasteiger partial charge is 0.389 e. The quantitative estimate of drug-likeness (QED) is 0.805. The molecule has 0 radical (unpaired) electrons. The minimum Gasteiger partial charge on any atom is -0.389 e. The van der Waals surface area contributed by atoms with Crippen LogP contribution in [0.1, 0.15) is 18.1 Å². The van der Waals surface area contributed by atoms with Crippen LogP contribution in [-0.4, -0.2) is 37.0 Å². The molecule has 0 aliphatic rings. The normalized spacial score (nSPS) is 12.6. The maximum atomic E-state index is 12.4. The van der Waals surface area contributed by atoms with Gasteiger partial charge in [0.2, 0.25) is 10.0 Å². The number of sulfonamides is 1. The van der Waals surface area contributed by atoms with Gasteiger partial charge in [-0.1, -0.05) is 43.4 Å². The molecule has 9 heteroatoms. The number of benzene rings is 1. The van der Waals surface area contributed by atoms with E-state index in [-0.39, 0.29) is 17.1 Å². The highest BCUT2D eigenvalue weighted by molar-refractivity contribution is 7.88. The van der Waals surface area contributed by atoms with Gasteiger partial charge in [-0.25, -0.2) is 8.42 Å². The van der Waals surface area contributed by atoms with Gasteiger partial charge >= 0.3 is 6.18 Å². The number of thiocarbonyl (C=S) groups is 1. The van der Waals surface area contributed by atoms with Crippen LogP contribution in [0.5, 0.6) is 0 Å². The molecule has 1 aromatic rings. The van der Waals surface area contributed by atoms with Gasteiger partial charge < -0.3 is 5.73 Å². The van der Waals surface area contributed by atoms with Crippen molar-refractivity contribution in [1.82, 2.24) is 4.31 Å². The van der Waals surface area contributed by atoms with Crippen LogP contribution in [0, 0.1) is 0 Å². The fourth-order valence-corrected chi connectivity index (χ4v) is 3.54. The average Bonchev–Trinajstić information content (AvgIpc) is 2.34. The Bertz CT molecular complexity index is 615. The first kappa shape index (κ1) is 17.9. The lowest BCUT2D eigenvalue weighted by molar-refractivity contribution is -0.135. The summed E-state index contributed by atoms with van der Waals surface area (Å²) >= 11 is 4.81. The van der Waals surface area contributed by atoms with Gasteiger partial charge in [0.15, 0.2) is 0 Å². The summed E-state index contributed by atoms with van der Waals surface area (Å²) in [5, 5.41) is 0. The van der Waals surface area contributed by atoms with Crippen molar-refractivity contribution >= 4 is 27.2 Å². The molecule has 0 spiro atoms. The summed E-state index contributed by atoms with van der Waals surface area (Å²) in [5.41, 5.74) is 6.12. The molecular formula is C12H15F3N2O2S2. The summed E-state index contributed by atoms with van der Waals surface area (Å²) in [6.07, 6.45) is -4.59. The Morgan fingerprint density at radius 1 is 1.33 bits per heavy atom. The van der Waals surface area contributed by atoms with E-state index in [4.69, 9.17) is 18.0 Å². The highest BCUT2D eigenvalue weighted by atomic mass is 32.2. The predicted molar refractivity (Wildman–Crippen MR) is 78.3 cm³/mol. The maximum Gasteiger partial charge on any atom is 0.402 e. The van der Waals surface area contributed by atoms with E-state index >= 15 is 0 Å². The second-order valence-corrected chi connectivity index (χ2v) is 6.73. The van der Waals surface area contributed by atoms with Crippen molar-refractivity contribution in [2.24, 2.45) is 5.73 Å². The van der Waals surface area contributed by atoms with E-state index in [0.717, 1.165) is 0 Å². The molecular weight excluding hydrogens is 325 g/mol. The number of rotatable bonds is 6. The maximum absolute atomic E-state index is 12.4. The first-order valence-electron chi connectivity index (χ1n) is 5.99. The van der Waals surface area contributed by atoms with Gasteiger partial charge in [-0.05, 0) is 5.56 Å². The molecule has 0 heterocycles. The van der Waals surface area contributed by atoms with Crippen LogP contribution in [0.4, 0.5) is 13.2 Å². The molecule has 0 amide bonds. The van der Waals surface area contributed by atoms with E-state index < -0.39 is 28.5 Å². The fourth-order valence-electron chi connectivity index (χ4n) is 1.78. The van der Waals surface area contributed by atoms with Crippen molar-refractivity contribution in [3.8, 4) is 0 Å². The second kappa shape index (κ2) is 6.71. The Balaban J connectivity index is 3.07. The molecule has 0 aliphatic carbocycles. The van der Waals surface area contributed by atoms with Gasteiger partial charge in [0.05, 0.1) is 5.75 Å². The van der Waals surface area contributed by atoms with E-state index in [1.165, 1.54) is 19.1 Å². The summed E-state index contributed by atoms with van der Waals surface area (Å²) < 4.78 is 61.9.